The van der Waals surface area contributed by atoms with Gasteiger partial charge in [0.2, 0.25) is 0 Å². The molecule has 1 aliphatic rings. The number of halogens is 1. The van der Waals surface area contributed by atoms with E-state index >= 15 is 0 Å². The summed E-state index contributed by atoms with van der Waals surface area (Å²) in [7, 11) is 0. The van der Waals surface area contributed by atoms with Crippen molar-refractivity contribution in [1.82, 2.24) is 4.90 Å². The Kier molecular flexibility index (Phi) is 4.06. The lowest BCUT2D eigenvalue weighted by molar-refractivity contribution is 0.0444. The van der Waals surface area contributed by atoms with E-state index in [0.717, 1.165) is 38.9 Å². The third-order valence-corrected chi connectivity index (χ3v) is 5.13. The SMILES string of the molecule is CC1(O)CCCN(Cc2sccc2Br)CC1. The van der Waals surface area contributed by atoms with E-state index in [4.69, 9.17) is 0 Å². The molecule has 2 nitrogen and oxygen atoms in total. The first-order valence-corrected chi connectivity index (χ1v) is 7.41. The van der Waals surface area contributed by atoms with Crippen molar-refractivity contribution in [3.05, 3.63) is 20.8 Å². The number of nitrogens with zero attached hydrogens (tertiary/aromatic N) is 1. The molecule has 0 bridgehead atoms. The molecule has 0 aliphatic carbocycles. The maximum atomic E-state index is 10.0. The molecule has 2 rings (SSSR count). The summed E-state index contributed by atoms with van der Waals surface area (Å²) in [5, 5.41) is 12.1. The summed E-state index contributed by atoms with van der Waals surface area (Å²) in [6.07, 6.45) is 2.90. The van der Waals surface area contributed by atoms with Crippen molar-refractivity contribution in [2.24, 2.45) is 0 Å². The topological polar surface area (TPSA) is 23.5 Å². The molecule has 0 spiro atoms. The molecule has 0 radical (unpaired) electrons. The van der Waals surface area contributed by atoms with E-state index in [2.05, 4.69) is 32.3 Å². The van der Waals surface area contributed by atoms with Gasteiger partial charge >= 0.3 is 0 Å². The van der Waals surface area contributed by atoms with Gasteiger partial charge in [0.25, 0.3) is 0 Å². The van der Waals surface area contributed by atoms with Crippen LogP contribution >= 0.6 is 27.3 Å². The summed E-state index contributed by atoms with van der Waals surface area (Å²) in [5.41, 5.74) is -0.457. The molecule has 0 saturated carbocycles. The number of likely N-dealkylation sites (tertiary alicyclic amines) is 1. The Morgan fingerprint density at radius 2 is 2.31 bits per heavy atom. The lowest BCUT2D eigenvalue weighted by atomic mass is 9.98. The summed E-state index contributed by atoms with van der Waals surface area (Å²) in [4.78, 5) is 3.83. The number of thiophene rings is 1. The molecule has 0 aromatic carbocycles. The monoisotopic (exact) mass is 303 g/mol. The normalized spacial score (nSPS) is 27.9. The highest BCUT2D eigenvalue weighted by Crippen LogP contribution is 2.27. The van der Waals surface area contributed by atoms with Gasteiger partial charge in [-0.15, -0.1) is 11.3 Å². The minimum atomic E-state index is -0.457. The Morgan fingerprint density at radius 3 is 3.00 bits per heavy atom. The van der Waals surface area contributed by atoms with Crippen LogP contribution in [0.2, 0.25) is 0 Å². The number of rotatable bonds is 2. The molecule has 1 N–H and O–H groups in total. The van der Waals surface area contributed by atoms with Crippen LogP contribution in [0.1, 0.15) is 31.1 Å². The fourth-order valence-corrected chi connectivity index (χ4v) is 3.64. The summed E-state index contributed by atoms with van der Waals surface area (Å²) in [5.74, 6) is 0. The van der Waals surface area contributed by atoms with Gasteiger partial charge in [-0.2, -0.15) is 0 Å². The van der Waals surface area contributed by atoms with Gasteiger partial charge in [-0.05, 0) is 60.1 Å². The van der Waals surface area contributed by atoms with Crippen LogP contribution in [-0.2, 0) is 6.54 Å². The molecule has 1 unspecified atom stereocenters. The minimum absolute atomic E-state index is 0.457. The molecule has 1 fully saturated rings. The van der Waals surface area contributed by atoms with Gasteiger partial charge < -0.3 is 5.11 Å². The lowest BCUT2D eigenvalue weighted by Crippen LogP contribution is -2.28. The highest BCUT2D eigenvalue weighted by molar-refractivity contribution is 9.10. The fraction of sp³-hybridized carbons (Fsp3) is 0.667. The zero-order valence-corrected chi connectivity index (χ0v) is 12.0. The van der Waals surface area contributed by atoms with Gasteiger partial charge in [0, 0.05) is 22.4 Å². The highest BCUT2D eigenvalue weighted by atomic mass is 79.9. The van der Waals surface area contributed by atoms with E-state index in [1.807, 2.05) is 6.92 Å². The van der Waals surface area contributed by atoms with Gasteiger partial charge in [0.05, 0.1) is 5.60 Å². The summed E-state index contributed by atoms with van der Waals surface area (Å²) >= 11 is 5.37. The predicted molar refractivity (Wildman–Crippen MR) is 71.8 cm³/mol. The van der Waals surface area contributed by atoms with Crippen LogP contribution in [0.25, 0.3) is 0 Å². The largest absolute Gasteiger partial charge is 0.390 e. The maximum absolute atomic E-state index is 10.0. The first kappa shape index (κ1) is 12.6. The van der Waals surface area contributed by atoms with Crippen LogP contribution in [0.5, 0.6) is 0 Å². The smallest absolute Gasteiger partial charge is 0.0632 e. The molecule has 0 amide bonds. The average Bonchev–Trinajstić information content (AvgIpc) is 2.52. The van der Waals surface area contributed by atoms with Crippen molar-refractivity contribution in [3.63, 3.8) is 0 Å². The van der Waals surface area contributed by atoms with Crippen LogP contribution in [0, 0.1) is 0 Å². The van der Waals surface area contributed by atoms with Crippen LogP contribution in [0.3, 0.4) is 0 Å². The van der Waals surface area contributed by atoms with Gasteiger partial charge in [-0.3, -0.25) is 4.90 Å². The second kappa shape index (κ2) is 5.17. The molecule has 1 aromatic heterocycles. The number of hydrogen-bond acceptors (Lipinski definition) is 3. The molecule has 1 saturated heterocycles. The molecular formula is C12H18BrNOS. The molecule has 90 valence electrons. The van der Waals surface area contributed by atoms with E-state index in [1.54, 1.807) is 11.3 Å². The molecule has 4 heteroatoms. The van der Waals surface area contributed by atoms with Gasteiger partial charge in [-0.1, -0.05) is 0 Å². The first-order chi connectivity index (χ1) is 7.57. The Bertz CT molecular complexity index is 351. The minimum Gasteiger partial charge on any atom is -0.390 e. The fourth-order valence-electron chi connectivity index (χ4n) is 2.12. The third kappa shape index (κ3) is 3.29. The van der Waals surface area contributed by atoms with Crippen molar-refractivity contribution in [3.8, 4) is 0 Å². The van der Waals surface area contributed by atoms with Crippen molar-refractivity contribution in [2.75, 3.05) is 13.1 Å². The van der Waals surface area contributed by atoms with Gasteiger partial charge in [0.1, 0.15) is 0 Å². The van der Waals surface area contributed by atoms with Crippen molar-refractivity contribution >= 4 is 27.3 Å². The lowest BCUT2D eigenvalue weighted by Gasteiger charge is -2.22. The van der Waals surface area contributed by atoms with Crippen molar-refractivity contribution < 1.29 is 5.11 Å². The zero-order chi connectivity index (χ0) is 11.6. The number of aliphatic hydroxyl groups is 1. The average molecular weight is 304 g/mol. The summed E-state index contributed by atoms with van der Waals surface area (Å²) < 4.78 is 1.22. The standard InChI is InChI=1S/C12H18BrNOS/c1-12(15)4-2-6-14(7-5-12)9-11-10(13)3-8-16-11/h3,8,15H,2,4-7,9H2,1H3. The van der Waals surface area contributed by atoms with E-state index in [9.17, 15) is 5.11 Å². The Hall–Kier alpha value is 0.100. The third-order valence-electron chi connectivity index (χ3n) is 3.21. The summed E-state index contributed by atoms with van der Waals surface area (Å²) in [6, 6.07) is 2.11. The van der Waals surface area contributed by atoms with Crippen LogP contribution < -0.4 is 0 Å². The van der Waals surface area contributed by atoms with E-state index < -0.39 is 5.60 Å². The molecule has 1 aliphatic heterocycles. The van der Waals surface area contributed by atoms with Crippen LogP contribution in [0.4, 0.5) is 0 Å². The molecule has 1 atom stereocenters. The Morgan fingerprint density at radius 1 is 1.50 bits per heavy atom. The van der Waals surface area contributed by atoms with Crippen LogP contribution in [-0.4, -0.2) is 28.7 Å². The molecule has 2 heterocycles. The summed E-state index contributed by atoms with van der Waals surface area (Å²) in [6.45, 7) is 5.06. The second-order valence-electron chi connectivity index (χ2n) is 4.82. The Labute approximate surface area is 109 Å². The predicted octanol–water partition coefficient (Wildman–Crippen LogP) is 3.25. The molecule has 16 heavy (non-hydrogen) atoms. The van der Waals surface area contributed by atoms with E-state index in [0.29, 0.717) is 0 Å². The highest BCUT2D eigenvalue weighted by Gasteiger charge is 2.25. The van der Waals surface area contributed by atoms with Crippen molar-refractivity contribution in [2.45, 2.75) is 38.3 Å². The van der Waals surface area contributed by atoms with E-state index in [-0.39, 0.29) is 0 Å². The molecular weight excluding hydrogens is 286 g/mol. The first-order valence-electron chi connectivity index (χ1n) is 5.73. The van der Waals surface area contributed by atoms with Gasteiger partial charge in [0.15, 0.2) is 0 Å². The quantitative estimate of drug-likeness (QED) is 0.906. The second-order valence-corrected chi connectivity index (χ2v) is 6.67. The van der Waals surface area contributed by atoms with Crippen LogP contribution in [0.15, 0.2) is 15.9 Å². The Balaban J connectivity index is 1.94. The van der Waals surface area contributed by atoms with Crippen molar-refractivity contribution in [1.29, 1.82) is 0 Å². The van der Waals surface area contributed by atoms with Gasteiger partial charge in [-0.25, -0.2) is 0 Å². The maximum Gasteiger partial charge on any atom is 0.0632 e. The molecule has 1 aromatic rings. The van der Waals surface area contributed by atoms with E-state index in [1.165, 1.54) is 9.35 Å². The zero-order valence-electron chi connectivity index (χ0n) is 9.58. The number of hydrogen-bond donors (Lipinski definition) is 1.